The molecule has 0 aromatic heterocycles. The Hall–Kier alpha value is -0.460. The minimum atomic E-state index is -2.43. The monoisotopic (exact) mass is 196 g/mol. The van der Waals surface area contributed by atoms with Gasteiger partial charge in [0, 0.05) is 0 Å². The van der Waals surface area contributed by atoms with Crippen molar-refractivity contribution in [3.63, 3.8) is 0 Å². The molecule has 0 aliphatic rings. The lowest BCUT2D eigenvalue weighted by Gasteiger charge is -2.11. The van der Waals surface area contributed by atoms with Gasteiger partial charge in [-0.3, -0.25) is 8.74 Å². The van der Waals surface area contributed by atoms with E-state index in [2.05, 4.69) is 4.18 Å². The molecule has 72 valence electrons. The van der Waals surface area contributed by atoms with Crippen LogP contribution in [0.4, 0.5) is 0 Å². The van der Waals surface area contributed by atoms with E-state index in [1.165, 1.54) is 6.92 Å². The van der Waals surface area contributed by atoms with E-state index in [1.807, 2.05) is 0 Å². The molecule has 0 fully saturated rings. The number of esters is 1. The molecule has 2 atom stereocenters. The Bertz CT molecular complexity index is 179. The topological polar surface area (TPSA) is 72.8 Å². The highest BCUT2D eigenvalue weighted by Crippen LogP contribution is 1.99. The van der Waals surface area contributed by atoms with E-state index in [1.54, 1.807) is 13.8 Å². The smallest absolute Gasteiger partial charge is 0.336 e. The fraction of sp³-hybridized carbons (Fsp3) is 0.833. The number of hydrogen-bond donors (Lipinski definition) is 1. The standard InChI is InChI=1S/C6H12O5S/c1-4(2)10-6(7)5(3)11-12(8)9/h4-5H,1-3H3,(H,8,9). The summed E-state index contributed by atoms with van der Waals surface area (Å²) in [4.78, 5) is 10.9. The van der Waals surface area contributed by atoms with Crippen molar-refractivity contribution in [3.05, 3.63) is 0 Å². The predicted molar refractivity (Wildman–Crippen MR) is 42.5 cm³/mol. The van der Waals surface area contributed by atoms with Crippen molar-refractivity contribution in [2.24, 2.45) is 0 Å². The van der Waals surface area contributed by atoms with Crippen molar-refractivity contribution >= 4 is 17.3 Å². The molecule has 1 N–H and O–H groups in total. The number of hydrogen-bond acceptors (Lipinski definition) is 4. The summed E-state index contributed by atoms with van der Waals surface area (Å²) in [5, 5.41) is 0. The van der Waals surface area contributed by atoms with E-state index in [0.29, 0.717) is 0 Å². The summed E-state index contributed by atoms with van der Waals surface area (Å²) in [5.41, 5.74) is 0. The SMILES string of the molecule is CC(C)OC(=O)C(C)OS(=O)O. The van der Waals surface area contributed by atoms with Crippen molar-refractivity contribution in [2.75, 3.05) is 0 Å². The first-order valence-corrected chi connectivity index (χ1v) is 4.45. The molecule has 12 heavy (non-hydrogen) atoms. The fourth-order valence-corrected chi connectivity index (χ4v) is 0.816. The molecule has 0 saturated carbocycles. The van der Waals surface area contributed by atoms with Gasteiger partial charge in [0.25, 0.3) is 0 Å². The van der Waals surface area contributed by atoms with Crippen molar-refractivity contribution in [1.29, 1.82) is 0 Å². The molecule has 0 heterocycles. The Kier molecular flexibility index (Phi) is 5.03. The van der Waals surface area contributed by atoms with Crippen LogP contribution in [0.15, 0.2) is 0 Å². The van der Waals surface area contributed by atoms with Gasteiger partial charge in [0.1, 0.15) is 0 Å². The van der Waals surface area contributed by atoms with E-state index in [4.69, 9.17) is 9.29 Å². The highest BCUT2D eigenvalue weighted by Gasteiger charge is 2.18. The second-order valence-electron chi connectivity index (χ2n) is 2.44. The van der Waals surface area contributed by atoms with Crippen LogP contribution in [-0.4, -0.2) is 26.9 Å². The van der Waals surface area contributed by atoms with Crippen LogP contribution in [0.3, 0.4) is 0 Å². The molecular weight excluding hydrogens is 184 g/mol. The summed E-state index contributed by atoms with van der Waals surface area (Å²) < 4.78 is 27.3. The van der Waals surface area contributed by atoms with Gasteiger partial charge < -0.3 is 4.74 Å². The van der Waals surface area contributed by atoms with Crippen LogP contribution in [0.2, 0.25) is 0 Å². The molecule has 0 aliphatic carbocycles. The minimum Gasteiger partial charge on any atom is -0.461 e. The number of carbonyl (C=O) groups is 1. The summed E-state index contributed by atoms with van der Waals surface area (Å²) >= 11 is -2.43. The van der Waals surface area contributed by atoms with E-state index in [0.717, 1.165) is 0 Å². The Morgan fingerprint density at radius 2 is 1.92 bits per heavy atom. The average molecular weight is 196 g/mol. The highest BCUT2D eigenvalue weighted by molar-refractivity contribution is 7.74. The lowest BCUT2D eigenvalue weighted by Crippen LogP contribution is -2.26. The van der Waals surface area contributed by atoms with Crippen molar-refractivity contribution in [2.45, 2.75) is 33.0 Å². The van der Waals surface area contributed by atoms with E-state index >= 15 is 0 Å². The zero-order valence-corrected chi connectivity index (χ0v) is 7.96. The molecule has 0 aliphatic heterocycles. The largest absolute Gasteiger partial charge is 0.461 e. The maximum absolute atomic E-state index is 10.9. The minimum absolute atomic E-state index is 0.254. The molecule has 0 bridgehead atoms. The van der Waals surface area contributed by atoms with Gasteiger partial charge in [0.2, 0.25) is 0 Å². The first-order valence-electron chi connectivity index (χ1n) is 3.42. The van der Waals surface area contributed by atoms with Crippen molar-refractivity contribution < 1.29 is 22.5 Å². The number of carbonyl (C=O) groups excluding carboxylic acids is 1. The van der Waals surface area contributed by atoms with Gasteiger partial charge >= 0.3 is 17.3 Å². The third-order valence-corrected chi connectivity index (χ3v) is 1.36. The summed E-state index contributed by atoms with van der Waals surface area (Å²) in [5.74, 6) is -0.646. The molecular formula is C6H12O5S. The molecule has 2 unspecified atom stereocenters. The van der Waals surface area contributed by atoms with E-state index in [9.17, 15) is 9.00 Å². The van der Waals surface area contributed by atoms with Crippen molar-refractivity contribution in [3.8, 4) is 0 Å². The number of ether oxygens (including phenoxy) is 1. The van der Waals surface area contributed by atoms with Crippen LogP contribution in [0, 0.1) is 0 Å². The van der Waals surface area contributed by atoms with Gasteiger partial charge in [-0.15, -0.1) is 0 Å². The number of rotatable bonds is 4. The highest BCUT2D eigenvalue weighted by atomic mass is 32.2. The molecule has 0 aromatic rings. The molecule has 0 amide bonds. The van der Waals surface area contributed by atoms with Gasteiger partial charge in [-0.1, -0.05) is 0 Å². The second-order valence-corrected chi connectivity index (χ2v) is 3.07. The summed E-state index contributed by atoms with van der Waals surface area (Å²) in [6.45, 7) is 4.71. The van der Waals surface area contributed by atoms with Crippen LogP contribution < -0.4 is 0 Å². The molecule has 0 aromatic carbocycles. The van der Waals surface area contributed by atoms with Gasteiger partial charge in [-0.25, -0.2) is 4.79 Å². The molecule has 0 rings (SSSR count). The first-order chi connectivity index (χ1) is 5.43. The molecule has 6 heteroatoms. The maximum Gasteiger partial charge on any atom is 0.336 e. The zero-order chi connectivity index (χ0) is 9.72. The Balaban J connectivity index is 3.85. The fourth-order valence-electron chi connectivity index (χ4n) is 0.491. The molecule has 5 nitrogen and oxygen atoms in total. The van der Waals surface area contributed by atoms with Crippen LogP contribution >= 0.6 is 0 Å². The molecule has 0 radical (unpaired) electrons. The lowest BCUT2D eigenvalue weighted by atomic mass is 10.4. The van der Waals surface area contributed by atoms with Crippen molar-refractivity contribution in [1.82, 2.24) is 0 Å². The quantitative estimate of drug-likeness (QED) is 0.523. The average Bonchev–Trinajstić information content (AvgIpc) is 1.84. The normalized spacial score (nSPS) is 15.8. The van der Waals surface area contributed by atoms with Gasteiger partial charge in [-0.2, -0.15) is 4.21 Å². The summed E-state index contributed by atoms with van der Waals surface area (Å²) in [6, 6.07) is 0. The maximum atomic E-state index is 10.9. The predicted octanol–water partition coefficient (Wildman–Crippen LogP) is 0.480. The Morgan fingerprint density at radius 3 is 2.25 bits per heavy atom. The van der Waals surface area contributed by atoms with E-state index in [-0.39, 0.29) is 6.10 Å². The third kappa shape index (κ3) is 5.22. The van der Waals surface area contributed by atoms with Crippen LogP contribution in [0.25, 0.3) is 0 Å². The zero-order valence-electron chi connectivity index (χ0n) is 7.14. The molecule has 0 spiro atoms. The Labute approximate surface area is 73.5 Å². The lowest BCUT2D eigenvalue weighted by molar-refractivity contribution is -0.154. The van der Waals surface area contributed by atoms with Crippen LogP contribution in [0.1, 0.15) is 20.8 Å². The first kappa shape index (κ1) is 11.5. The third-order valence-electron chi connectivity index (χ3n) is 0.910. The van der Waals surface area contributed by atoms with Crippen LogP contribution in [0.5, 0.6) is 0 Å². The van der Waals surface area contributed by atoms with Gasteiger partial charge in [0.15, 0.2) is 6.10 Å². The summed E-state index contributed by atoms with van der Waals surface area (Å²) in [6.07, 6.45) is -1.27. The van der Waals surface area contributed by atoms with Gasteiger partial charge in [0.05, 0.1) is 6.10 Å². The summed E-state index contributed by atoms with van der Waals surface area (Å²) in [7, 11) is 0. The van der Waals surface area contributed by atoms with Gasteiger partial charge in [-0.05, 0) is 20.8 Å². The second kappa shape index (κ2) is 5.23. The van der Waals surface area contributed by atoms with Crippen LogP contribution in [-0.2, 0) is 25.1 Å². The Morgan fingerprint density at radius 1 is 1.42 bits per heavy atom. The molecule has 0 saturated heterocycles. The van der Waals surface area contributed by atoms with E-state index < -0.39 is 23.4 Å².